The number of nitrogens with one attached hydrogen (secondary N) is 1. The number of carbonyl (C=O) groups excluding carboxylic acids is 1. The molecule has 2 aliphatic rings. The lowest BCUT2D eigenvalue weighted by molar-refractivity contribution is 0.0936. The number of ether oxygens (including phenoxy) is 1. The Kier molecular flexibility index (Phi) is 4.94. The van der Waals surface area contributed by atoms with E-state index in [-0.39, 0.29) is 12.3 Å². The summed E-state index contributed by atoms with van der Waals surface area (Å²) in [4.78, 5) is 14.9. The van der Waals surface area contributed by atoms with Crippen molar-refractivity contribution in [3.8, 4) is 0 Å². The Hall–Kier alpha value is -3.05. The average Bonchev–Trinajstić information content (AvgIpc) is 3.07. The van der Waals surface area contributed by atoms with Gasteiger partial charge in [-0.15, -0.1) is 0 Å². The van der Waals surface area contributed by atoms with Gasteiger partial charge in [-0.05, 0) is 35.9 Å². The molecule has 0 spiro atoms. The quantitative estimate of drug-likeness (QED) is 0.801. The Morgan fingerprint density at radius 1 is 1.11 bits per heavy atom. The van der Waals surface area contributed by atoms with Crippen LogP contribution in [0.25, 0.3) is 0 Å². The number of benzene rings is 2. The number of hydrogen-bond donors (Lipinski definition) is 1. The maximum Gasteiger partial charge on any atom is 0.184 e. The van der Waals surface area contributed by atoms with Gasteiger partial charge in [0.15, 0.2) is 5.78 Å². The Balaban J connectivity index is 1.30. The highest BCUT2D eigenvalue weighted by Gasteiger charge is 2.18. The van der Waals surface area contributed by atoms with Gasteiger partial charge in [0.05, 0.1) is 6.20 Å². The van der Waals surface area contributed by atoms with E-state index in [0.717, 1.165) is 30.0 Å². The third-order valence-electron chi connectivity index (χ3n) is 4.76. The minimum absolute atomic E-state index is 0.0894. The standard InChI is InChI=1S/C22H23N3O2/c1-24-13-19-8-7-18(11-20(19)14-24)22(26)15-25-10-9-21(12-23-25)27-16-17-5-3-2-4-6-17/h2-12,23H,13-16H2,1H3. The van der Waals surface area contributed by atoms with Crippen LogP contribution >= 0.6 is 0 Å². The first-order valence-electron chi connectivity index (χ1n) is 9.09. The van der Waals surface area contributed by atoms with Crippen LogP contribution < -0.4 is 5.43 Å². The van der Waals surface area contributed by atoms with Crippen LogP contribution in [0.5, 0.6) is 0 Å². The molecule has 0 atom stereocenters. The van der Waals surface area contributed by atoms with Crippen molar-refractivity contribution in [2.75, 3.05) is 13.6 Å². The minimum atomic E-state index is 0.0894. The van der Waals surface area contributed by atoms with Crippen LogP contribution in [-0.2, 0) is 24.4 Å². The topological polar surface area (TPSA) is 44.8 Å². The molecule has 0 amide bonds. The second kappa shape index (κ2) is 7.68. The molecule has 0 saturated carbocycles. The molecule has 0 radical (unpaired) electrons. The molecule has 5 heteroatoms. The van der Waals surface area contributed by atoms with E-state index < -0.39 is 0 Å². The number of fused-ring (bicyclic) bond motifs is 1. The van der Waals surface area contributed by atoms with Gasteiger partial charge in [-0.2, -0.15) is 0 Å². The molecule has 0 fully saturated rings. The van der Waals surface area contributed by atoms with Gasteiger partial charge in [-0.3, -0.25) is 14.7 Å². The fourth-order valence-corrected chi connectivity index (χ4v) is 3.31. The van der Waals surface area contributed by atoms with Crippen molar-refractivity contribution < 1.29 is 9.53 Å². The maximum absolute atomic E-state index is 12.6. The predicted octanol–water partition coefficient (Wildman–Crippen LogP) is 3.21. The molecule has 0 aliphatic carbocycles. The second-order valence-electron chi connectivity index (χ2n) is 6.97. The van der Waals surface area contributed by atoms with Crippen LogP contribution in [0.4, 0.5) is 0 Å². The molecule has 4 rings (SSSR count). The van der Waals surface area contributed by atoms with Crippen molar-refractivity contribution >= 4 is 5.78 Å². The Labute approximate surface area is 159 Å². The molecule has 2 aromatic rings. The molecular formula is C22H23N3O2. The smallest absolute Gasteiger partial charge is 0.184 e. The van der Waals surface area contributed by atoms with Crippen molar-refractivity contribution in [1.29, 1.82) is 0 Å². The zero-order valence-electron chi connectivity index (χ0n) is 15.4. The van der Waals surface area contributed by atoms with E-state index in [1.54, 1.807) is 11.2 Å². The number of ketones is 1. The van der Waals surface area contributed by atoms with E-state index in [4.69, 9.17) is 4.74 Å². The molecule has 27 heavy (non-hydrogen) atoms. The van der Waals surface area contributed by atoms with Gasteiger partial charge < -0.3 is 10.2 Å². The van der Waals surface area contributed by atoms with Gasteiger partial charge >= 0.3 is 0 Å². The summed E-state index contributed by atoms with van der Waals surface area (Å²) >= 11 is 0. The van der Waals surface area contributed by atoms with Crippen LogP contribution in [0.2, 0.25) is 0 Å². The van der Waals surface area contributed by atoms with Crippen LogP contribution in [0.3, 0.4) is 0 Å². The fourth-order valence-electron chi connectivity index (χ4n) is 3.31. The zero-order chi connectivity index (χ0) is 18.6. The number of Topliss-reactive ketones (excluding diaryl/α,β-unsaturated/α-hetero) is 1. The maximum atomic E-state index is 12.6. The molecule has 0 bridgehead atoms. The van der Waals surface area contributed by atoms with Gasteiger partial charge in [-0.25, -0.2) is 0 Å². The van der Waals surface area contributed by atoms with Crippen molar-refractivity contribution in [2.45, 2.75) is 19.7 Å². The number of rotatable bonds is 6. The molecule has 2 heterocycles. The van der Waals surface area contributed by atoms with E-state index >= 15 is 0 Å². The van der Waals surface area contributed by atoms with E-state index in [0.29, 0.717) is 6.61 Å². The summed E-state index contributed by atoms with van der Waals surface area (Å²) in [5.74, 6) is 0.828. The predicted molar refractivity (Wildman–Crippen MR) is 104 cm³/mol. The normalized spacial score (nSPS) is 15.9. The third-order valence-corrected chi connectivity index (χ3v) is 4.76. The Morgan fingerprint density at radius 3 is 2.70 bits per heavy atom. The highest BCUT2D eigenvalue weighted by Crippen LogP contribution is 2.22. The van der Waals surface area contributed by atoms with Gasteiger partial charge in [0, 0.05) is 24.9 Å². The van der Waals surface area contributed by atoms with Gasteiger partial charge in [-0.1, -0.05) is 42.5 Å². The van der Waals surface area contributed by atoms with Crippen LogP contribution in [-0.4, -0.2) is 29.3 Å². The molecule has 1 N–H and O–H groups in total. The lowest BCUT2D eigenvalue weighted by Gasteiger charge is -2.23. The van der Waals surface area contributed by atoms with Crippen molar-refractivity contribution in [3.05, 3.63) is 95.0 Å². The lowest BCUT2D eigenvalue weighted by Crippen LogP contribution is -2.36. The van der Waals surface area contributed by atoms with E-state index in [1.165, 1.54) is 11.1 Å². The molecule has 138 valence electrons. The molecule has 0 aromatic heterocycles. The van der Waals surface area contributed by atoms with Crippen molar-refractivity contribution in [3.63, 3.8) is 0 Å². The number of hydrogen-bond acceptors (Lipinski definition) is 5. The fraction of sp³-hybridized carbons (Fsp3) is 0.227. The monoisotopic (exact) mass is 361 g/mol. The number of nitrogens with zero attached hydrogens (tertiary/aromatic N) is 2. The summed E-state index contributed by atoms with van der Waals surface area (Å²) in [6.07, 6.45) is 5.47. The first-order valence-corrected chi connectivity index (χ1v) is 9.09. The van der Waals surface area contributed by atoms with Gasteiger partial charge in [0.1, 0.15) is 18.9 Å². The first kappa shape index (κ1) is 17.4. The Morgan fingerprint density at radius 2 is 1.93 bits per heavy atom. The molecule has 5 nitrogen and oxygen atoms in total. The number of allylic oxidation sites excluding steroid dienone is 1. The van der Waals surface area contributed by atoms with Crippen LogP contribution in [0.1, 0.15) is 27.0 Å². The highest BCUT2D eigenvalue weighted by molar-refractivity contribution is 5.98. The lowest BCUT2D eigenvalue weighted by atomic mass is 10.0. The summed E-state index contributed by atoms with van der Waals surface area (Å²) in [7, 11) is 2.09. The summed E-state index contributed by atoms with van der Waals surface area (Å²) < 4.78 is 5.76. The molecular weight excluding hydrogens is 338 g/mol. The number of carbonyl (C=O) groups is 1. The molecule has 2 aliphatic heterocycles. The van der Waals surface area contributed by atoms with E-state index in [2.05, 4.69) is 23.4 Å². The highest BCUT2D eigenvalue weighted by atomic mass is 16.5. The summed E-state index contributed by atoms with van der Waals surface area (Å²) in [6.45, 7) is 2.65. The van der Waals surface area contributed by atoms with Gasteiger partial charge in [0.2, 0.25) is 0 Å². The number of hydrazine groups is 1. The van der Waals surface area contributed by atoms with Gasteiger partial charge in [0.25, 0.3) is 0 Å². The summed E-state index contributed by atoms with van der Waals surface area (Å²) in [5.41, 5.74) is 7.54. The summed E-state index contributed by atoms with van der Waals surface area (Å²) in [5, 5.41) is 1.76. The average molecular weight is 361 g/mol. The zero-order valence-corrected chi connectivity index (χ0v) is 15.4. The molecule has 0 unspecified atom stereocenters. The summed E-state index contributed by atoms with van der Waals surface area (Å²) in [6, 6.07) is 16.1. The second-order valence-corrected chi connectivity index (χ2v) is 6.97. The van der Waals surface area contributed by atoms with Crippen LogP contribution in [0.15, 0.2) is 72.8 Å². The van der Waals surface area contributed by atoms with Crippen molar-refractivity contribution in [2.24, 2.45) is 0 Å². The first-order chi connectivity index (χ1) is 13.2. The third kappa shape index (κ3) is 4.20. The van der Waals surface area contributed by atoms with E-state index in [9.17, 15) is 4.79 Å². The Bertz CT molecular complexity index is 890. The van der Waals surface area contributed by atoms with Crippen molar-refractivity contribution in [1.82, 2.24) is 15.3 Å². The molecule has 2 aromatic carbocycles. The minimum Gasteiger partial charge on any atom is -0.487 e. The SMILES string of the molecule is CN1Cc2ccc(C(=O)CN3C=CC(OCc4ccccc4)=CN3)cc2C1. The largest absolute Gasteiger partial charge is 0.487 e. The molecule has 0 saturated heterocycles. The van der Waals surface area contributed by atoms with E-state index in [1.807, 2.05) is 54.7 Å². The van der Waals surface area contributed by atoms with Crippen LogP contribution in [0, 0.1) is 0 Å².